The van der Waals surface area contributed by atoms with Crippen LogP contribution in [0.15, 0.2) is 24.3 Å². The van der Waals surface area contributed by atoms with Crippen LogP contribution in [0.25, 0.3) is 0 Å². The van der Waals surface area contributed by atoms with E-state index in [4.69, 9.17) is 11.6 Å². The zero-order chi connectivity index (χ0) is 24.4. The van der Waals surface area contributed by atoms with Gasteiger partial charge in [-0.05, 0) is 6.07 Å². The van der Waals surface area contributed by atoms with E-state index in [1.807, 2.05) is 0 Å². The topological polar surface area (TPSA) is 78.0 Å². The van der Waals surface area contributed by atoms with E-state index in [9.17, 15) is 47.7 Å². The van der Waals surface area contributed by atoms with Crippen molar-refractivity contribution in [3.05, 3.63) is 29.8 Å². The van der Waals surface area contributed by atoms with Gasteiger partial charge in [-0.3, -0.25) is 0 Å². The molecule has 0 radical (unpaired) electrons. The summed E-state index contributed by atoms with van der Waals surface area (Å²) in [7, 11) is -9.43. The van der Waals surface area contributed by atoms with Crippen molar-refractivity contribution in [1.82, 2.24) is 10.2 Å². The number of sulfonamides is 2. The van der Waals surface area contributed by atoms with Gasteiger partial charge in [0.05, 0.1) is 24.7 Å². The Morgan fingerprint density at radius 1 is 0.968 bits per heavy atom. The van der Waals surface area contributed by atoms with Crippen LogP contribution in [0.1, 0.15) is 5.56 Å². The van der Waals surface area contributed by atoms with E-state index in [0.29, 0.717) is 31.7 Å². The Morgan fingerprint density at radius 2 is 1.42 bits per heavy atom. The number of hydrogen-bond acceptors (Lipinski definition) is 6. The Labute approximate surface area is 178 Å². The van der Waals surface area contributed by atoms with Crippen LogP contribution in [0, 0.1) is 0 Å². The van der Waals surface area contributed by atoms with Crippen molar-refractivity contribution < 1.29 is 47.7 Å². The number of anilines is 1. The Bertz CT molecular complexity index is 1050. The Morgan fingerprint density at radius 3 is 1.81 bits per heavy atom. The molecule has 0 saturated carbocycles. The molecule has 2 rings (SSSR count). The van der Waals surface area contributed by atoms with E-state index < -0.39 is 74.6 Å². The summed E-state index contributed by atoms with van der Waals surface area (Å²) >= 11 is 5.50. The molecular formula is C14H15ClF7N3O4S2. The van der Waals surface area contributed by atoms with Crippen molar-refractivity contribution in [2.75, 3.05) is 29.8 Å². The molecule has 1 aromatic rings. The van der Waals surface area contributed by atoms with Gasteiger partial charge in [0.1, 0.15) is 0 Å². The van der Waals surface area contributed by atoms with Crippen LogP contribution in [-0.4, -0.2) is 70.4 Å². The number of rotatable bonds is 4. The van der Waals surface area contributed by atoms with Gasteiger partial charge in [0.25, 0.3) is 0 Å². The van der Waals surface area contributed by atoms with Gasteiger partial charge in [-0.15, -0.1) is 16.1 Å². The van der Waals surface area contributed by atoms with Crippen molar-refractivity contribution in [3.8, 4) is 0 Å². The highest BCUT2D eigenvalue weighted by Gasteiger charge is 2.83. The van der Waals surface area contributed by atoms with Crippen molar-refractivity contribution in [1.29, 1.82) is 0 Å². The van der Waals surface area contributed by atoms with Crippen LogP contribution in [0.4, 0.5) is 36.5 Å². The second-order valence-electron chi connectivity index (χ2n) is 6.77. The summed E-state index contributed by atoms with van der Waals surface area (Å²) < 4.78 is 147. The molecule has 0 N–H and O–H groups in total. The van der Waals surface area contributed by atoms with E-state index in [2.05, 4.69) is 0 Å². The molecule has 1 fully saturated rings. The lowest BCUT2D eigenvalue weighted by molar-refractivity contribution is -0.298. The van der Waals surface area contributed by atoms with Crippen molar-refractivity contribution in [2.24, 2.45) is 0 Å². The third-order valence-corrected chi connectivity index (χ3v) is 8.52. The SMILES string of the molecule is CN1N(F)CC(Cl)(C(F)(F)F)C1(c1ccccc1N(S(C)(=O)=O)S(C)(=O)=O)C(F)(F)F. The van der Waals surface area contributed by atoms with Gasteiger partial charge in [0.2, 0.25) is 20.0 Å². The van der Waals surface area contributed by atoms with Crippen molar-refractivity contribution in [3.63, 3.8) is 0 Å². The van der Waals surface area contributed by atoms with Crippen molar-refractivity contribution >= 4 is 37.3 Å². The standard InChI is InChI=1S/C14H15ClF7N3O4S2/c1-23-12(14(19,20)21,11(15,8-24(23)22)13(16,17)18)9-6-4-5-7-10(9)25(30(2,26)27)31(3,28)29/h4-7H,8H2,1-3H3. The molecule has 31 heavy (non-hydrogen) atoms. The van der Waals surface area contributed by atoms with Crippen LogP contribution in [0.5, 0.6) is 0 Å². The van der Waals surface area contributed by atoms with Crippen LogP contribution in [0.2, 0.25) is 0 Å². The van der Waals surface area contributed by atoms with E-state index in [1.165, 1.54) is 0 Å². The summed E-state index contributed by atoms with van der Waals surface area (Å²) in [6.07, 6.45) is -11.2. The largest absolute Gasteiger partial charge is 0.414 e. The quantitative estimate of drug-likeness (QED) is 0.344. The predicted molar refractivity (Wildman–Crippen MR) is 96.6 cm³/mol. The summed E-state index contributed by atoms with van der Waals surface area (Å²) in [5.74, 6) is 0. The van der Waals surface area contributed by atoms with Crippen LogP contribution >= 0.6 is 11.6 Å². The smallest absolute Gasteiger partial charge is 0.206 e. The zero-order valence-electron chi connectivity index (χ0n) is 15.8. The average Bonchev–Trinajstić information content (AvgIpc) is 2.73. The average molecular weight is 522 g/mol. The van der Waals surface area contributed by atoms with E-state index in [1.54, 1.807) is 0 Å². The Balaban J connectivity index is 3.14. The zero-order valence-corrected chi connectivity index (χ0v) is 18.2. The lowest BCUT2D eigenvalue weighted by atomic mass is 9.76. The fourth-order valence-corrected chi connectivity index (χ4v) is 7.04. The summed E-state index contributed by atoms with van der Waals surface area (Å²) in [6, 6.07) is 2.66. The maximum atomic E-state index is 14.5. The van der Waals surface area contributed by atoms with Gasteiger partial charge in [0.15, 0.2) is 10.4 Å². The summed E-state index contributed by atoms with van der Waals surface area (Å²) in [4.78, 5) is -4.39. The van der Waals surface area contributed by atoms with Gasteiger partial charge < -0.3 is 0 Å². The molecule has 1 aliphatic rings. The molecular weight excluding hydrogens is 507 g/mol. The molecule has 1 aliphatic heterocycles. The fourth-order valence-electron chi connectivity index (χ4n) is 3.60. The Hall–Kier alpha value is -1.36. The second kappa shape index (κ2) is 7.33. The lowest BCUT2D eigenvalue weighted by Gasteiger charge is -2.46. The number of halogens is 8. The number of nitrogens with zero attached hydrogens (tertiary/aromatic N) is 3. The molecule has 0 aromatic heterocycles. The first-order valence-corrected chi connectivity index (χ1v) is 12.0. The molecule has 1 aromatic carbocycles. The van der Waals surface area contributed by atoms with Gasteiger partial charge in [-0.2, -0.15) is 35.1 Å². The molecule has 0 aliphatic carbocycles. The van der Waals surface area contributed by atoms with Gasteiger partial charge >= 0.3 is 12.4 Å². The lowest BCUT2D eigenvalue weighted by Crippen LogP contribution is -2.67. The van der Waals surface area contributed by atoms with Gasteiger partial charge in [-0.25, -0.2) is 16.8 Å². The highest BCUT2D eigenvalue weighted by molar-refractivity contribution is 8.09. The fraction of sp³-hybridized carbons (Fsp3) is 0.571. The molecule has 2 unspecified atom stereocenters. The highest BCUT2D eigenvalue weighted by Crippen LogP contribution is 2.64. The third-order valence-electron chi connectivity index (χ3n) is 4.69. The molecule has 17 heteroatoms. The van der Waals surface area contributed by atoms with Crippen molar-refractivity contribution in [2.45, 2.75) is 22.8 Å². The first-order chi connectivity index (χ1) is 13.6. The number of alkyl halides is 7. The maximum absolute atomic E-state index is 14.5. The van der Waals surface area contributed by atoms with Crippen LogP contribution in [-0.2, 0) is 25.6 Å². The normalized spacial score (nSPS) is 26.9. The first kappa shape index (κ1) is 25.9. The van der Waals surface area contributed by atoms with E-state index >= 15 is 0 Å². The number of hydrazine groups is 1. The van der Waals surface area contributed by atoms with E-state index in [0.717, 1.165) is 12.1 Å². The third kappa shape index (κ3) is 3.75. The first-order valence-electron chi connectivity index (χ1n) is 7.93. The minimum Gasteiger partial charge on any atom is -0.206 e. The maximum Gasteiger partial charge on any atom is 0.414 e. The predicted octanol–water partition coefficient (Wildman–Crippen LogP) is 2.76. The second-order valence-corrected chi connectivity index (χ2v) is 11.3. The minimum atomic E-state index is -5.98. The van der Waals surface area contributed by atoms with E-state index in [-0.39, 0.29) is 0 Å². The Kier molecular flexibility index (Phi) is 6.12. The molecule has 0 bridgehead atoms. The minimum absolute atomic E-state index is 0.322. The summed E-state index contributed by atoms with van der Waals surface area (Å²) in [5.41, 5.74) is -7.27. The summed E-state index contributed by atoms with van der Waals surface area (Å²) in [5, 5.41) is -1.40. The summed E-state index contributed by atoms with van der Waals surface area (Å²) in [6.45, 7) is -2.01. The number of para-hydroxylation sites is 1. The molecule has 1 heterocycles. The number of hydrogen-bond donors (Lipinski definition) is 0. The number of benzene rings is 1. The van der Waals surface area contributed by atoms with Crippen LogP contribution in [0.3, 0.4) is 0 Å². The molecule has 1 saturated heterocycles. The molecule has 7 nitrogen and oxygen atoms in total. The highest BCUT2D eigenvalue weighted by atomic mass is 35.5. The molecule has 0 amide bonds. The molecule has 178 valence electrons. The van der Waals surface area contributed by atoms with Gasteiger partial charge in [-0.1, -0.05) is 23.4 Å². The van der Waals surface area contributed by atoms with Gasteiger partial charge in [0, 0.05) is 12.6 Å². The van der Waals surface area contributed by atoms with Crippen LogP contribution < -0.4 is 3.71 Å². The molecule has 0 spiro atoms. The molecule has 2 atom stereocenters. The monoisotopic (exact) mass is 521 g/mol.